The van der Waals surface area contributed by atoms with Crippen LogP contribution in [0.2, 0.25) is 0 Å². The summed E-state index contributed by atoms with van der Waals surface area (Å²) in [4.78, 5) is 8.57. The molecule has 80 valence electrons. The number of aliphatic imine (C=N–C) groups is 2. The molecule has 0 radical (unpaired) electrons. The molecule has 15 heavy (non-hydrogen) atoms. The fourth-order valence-electron chi connectivity index (χ4n) is 1.69. The van der Waals surface area contributed by atoms with Crippen LogP contribution in [0.25, 0.3) is 0 Å². The van der Waals surface area contributed by atoms with Crippen molar-refractivity contribution in [3.63, 3.8) is 0 Å². The Labute approximate surface area is 89.0 Å². The van der Waals surface area contributed by atoms with Gasteiger partial charge in [0.05, 0.1) is 13.1 Å². The molecule has 2 aliphatic heterocycles. The third-order valence-electron chi connectivity index (χ3n) is 2.52. The lowest BCUT2D eigenvalue weighted by molar-refractivity contribution is 0.299. The Balaban J connectivity index is 2.38. The van der Waals surface area contributed by atoms with Crippen molar-refractivity contribution in [2.75, 3.05) is 26.3 Å². The maximum atomic E-state index is 5.46. The van der Waals surface area contributed by atoms with Crippen LogP contribution in [0.15, 0.2) is 35.3 Å². The Morgan fingerprint density at radius 1 is 1.00 bits per heavy atom. The molecule has 4 heteroatoms. The zero-order valence-electron chi connectivity index (χ0n) is 8.61. The molecule has 0 saturated heterocycles. The first-order chi connectivity index (χ1) is 7.33. The molecule has 0 bridgehead atoms. The van der Waals surface area contributed by atoms with Gasteiger partial charge in [-0.2, -0.15) is 0 Å². The van der Waals surface area contributed by atoms with Crippen molar-refractivity contribution in [2.24, 2.45) is 15.4 Å². The third-order valence-corrected chi connectivity index (χ3v) is 2.52. The van der Waals surface area contributed by atoms with Crippen LogP contribution in [0.4, 0.5) is 0 Å². The van der Waals surface area contributed by atoms with Crippen molar-refractivity contribution in [1.82, 2.24) is 0 Å². The zero-order valence-corrected chi connectivity index (χ0v) is 8.61. The maximum Gasteiger partial charge on any atom is 0.207 e. The lowest BCUT2D eigenvalue weighted by Gasteiger charge is -2.24. The molecular formula is C11H14N2O2. The average molecular weight is 206 g/mol. The first-order valence-electron chi connectivity index (χ1n) is 4.96. The molecule has 0 aromatic carbocycles. The standard InChI is InChI=1S/C11H14N2O2/c1-3-11(4-2,9-12-5-7-14-9)10-13-6-8-15-10/h3-4H,1-2,5-8H2. The largest absolute Gasteiger partial charge is 0.478 e. The van der Waals surface area contributed by atoms with Crippen LogP contribution >= 0.6 is 0 Å². The van der Waals surface area contributed by atoms with E-state index < -0.39 is 5.41 Å². The Morgan fingerprint density at radius 3 is 1.73 bits per heavy atom. The van der Waals surface area contributed by atoms with Gasteiger partial charge in [-0.05, 0) is 0 Å². The predicted octanol–water partition coefficient (Wildman–Crippen LogP) is 1.20. The Morgan fingerprint density at radius 2 is 1.47 bits per heavy atom. The summed E-state index contributed by atoms with van der Waals surface area (Å²) in [5.41, 5.74) is -0.674. The Kier molecular flexibility index (Phi) is 2.58. The van der Waals surface area contributed by atoms with Crippen LogP contribution in [0.3, 0.4) is 0 Å². The summed E-state index contributed by atoms with van der Waals surface area (Å²) in [7, 11) is 0. The summed E-state index contributed by atoms with van der Waals surface area (Å²) in [6.45, 7) is 10.2. The highest BCUT2D eigenvalue weighted by Crippen LogP contribution is 2.29. The molecule has 0 atom stereocenters. The van der Waals surface area contributed by atoms with E-state index >= 15 is 0 Å². The molecule has 2 aliphatic rings. The van der Waals surface area contributed by atoms with Crippen LogP contribution in [-0.2, 0) is 9.47 Å². The summed E-state index contributed by atoms with van der Waals surface area (Å²) in [6.07, 6.45) is 3.43. The second-order valence-corrected chi connectivity index (χ2v) is 3.35. The van der Waals surface area contributed by atoms with Gasteiger partial charge in [0.1, 0.15) is 13.2 Å². The Hall–Kier alpha value is -1.58. The van der Waals surface area contributed by atoms with Gasteiger partial charge in [-0.25, -0.2) is 0 Å². The second kappa shape index (κ2) is 3.88. The highest BCUT2D eigenvalue weighted by Gasteiger charge is 2.41. The van der Waals surface area contributed by atoms with Crippen LogP contribution in [0, 0.1) is 5.41 Å². The van der Waals surface area contributed by atoms with Crippen LogP contribution in [0.5, 0.6) is 0 Å². The molecule has 0 fully saturated rings. The first kappa shape index (κ1) is 9.96. The number of hydrogen-bond donors (Lipinski definition) is 0. The van der Waals surface area contributed by atoms with Gasteiger partial charge in [-0.1, -0.05) is 12.2 Å². The van der Waals surface area contributed by atoms with E-state index in [0.717, 1.165) is 0 Å². The predicted molar refractivity (Wildman–Crippen MR) is 59.3 cm³/mol. The van der Waals surface area contributed by atoms with Crippen molar-refractivity contribution in [3.8, 4) is 0 Å². The third kappa shape index (κ3) is 1.46. The van der Waals surface area contributed by atoms with Gasteiger partial charge >= 0.3 is 0 Å². The van der Waals surface area contributed by atoms with E-state index in [4.69, 9.17) is 9.47 Å². The lowest BCUT2D eigenvalue weighted by Crippen LogP contribution is -2.36. The topological polar surface area (TPSA) is 43.2 Å². The molecule has 0 unspecified atom stereocenters. The normalized spacial score (nSPS) is 20.0. The van der Waals surface area contributed by atoms with Gasteiger partial charge in [0, 0.05) is 0 Å². The molecule has 0 amide bonds. The summed E-state index contributed by atoms with van der Waals surface area (Å²) in [6, 6.07) is 0. The van der Waals surface area contributed by atoms with E-state index in [2.05, 4.69) is 23.1 Å². The SMILES string of the molecule is C=CC(C=C)(C1=NCCO1)C1=NCCO1. The fourth-order valence-corrected chi connectivity index (χ4v) is 1.69. The van der Waals surface area contributed by atoms with Crippen LogP contribution in [0.1, 0.15) is 0 Å². The number of nitrogens with zero attached hydrogens (tertiary/aromatic N) is 2. The monoisotopic (exact) mass is 206 g/mol. The molecular weight excluding hydrogens is 192 g/mol. The van der Waals surface area contributed by atoms with E-state index in [1.54, 1.807) is 12.2 Å². The van der Waals surface area contributed by atoms with E-state index in [9.17, 15) is 0 Å². The van der Waals surface area contributed by atoms with Gasteiger partial charge in [0.2, 0.25) is 11.8 Å². The Bertz CT molecular complexity index is 310. The minimum absolute atomic E-state index is 0.591. The van der Waals surface area contributed by atoms with Gasteiger partial charge in [0.25, 0.3) is 0 Å². The second-order valence-electron chi connectivity index (χ2n) is 3.35. The van der Waals surface area contributed by atoms with Crippen molar-refractivity contribution in [2.45, 2.75) is 0 Å². The molecule has 0 aromatic heterocycles. The average Bonchev–Trinajstić information content (AvgIpc) is 2.92. The molecule has 0 aromatic rings. The fraction of sp³-hybridized carbons (Fsp3) is 0.455. The van der Waals surface area contributed by atoms with Crippen molar-refractivity contribution in [1.29, 1.82) is 0 Å². The van der Waals surface area contributed by atoms with E-state index in [1.165, 1.54) is 0 Å². The number of rotatable bonds is 4. The quantitative estimate of drug-likeness (QED) is 0.649. The van der Waals surface area contributed by atoms with Gasteiger partial charge in [-0.15, -0.1) is 13.2 Å². The highest BCUT2D eigenvalue weighted by molar-refractivity contribution is 6.09. The summed E-state index contributed by atoms with van der Waals surface area (Å²) >= 11 is 0. The molecule has 2 rings (SSSR count). The molecule has 0 N–H and O–H groups in total. The van der Waals surface area contributed by atoms with Crippen molar-refractivity contribution < 1.29 is 9.47 Å². The minimum atomic E-state index is -0.674. The number of ether oxygens (including phenoxy) is 2. The van der Waals surface area contributed by atoms with Gasteiger partial charge in [-0.3, -0.25) is 9.98 Å². The molecule has 4 nitrogen and oxygen atoms in total. The van der Waals surface area contributed by atoms with E-state index in [0.29, 0.717) is 38.1 Å². The minimum Gasteiger partial charge on any atom is -0.478 e. The number of hydrogen-bond acceptors (Lipinski definition) is 4. The maximum absolute atomic E-state index is 5.46. The van der Waals surface area contributed by atoms with Gasteiger partial charge in [0.15, 0.2) is 5.41 Å². The molecule has 0 spiro atoms. The van der Waals surface area contributed by atoms with Crippen molar-refractivity contribution >= 4 is 11.8 Å². The molecule has 2 heterocycles. The van der Waals surface area contributed by atoms with Crippen molar-refractivity contribution in [3.05, 3.63) is 25.3 Å². The first-order valence-corrected chi connectivity index (χ1v) is 4.96. The van der Waals surface area contributed by atoms with Gasteiger partial charge < -0.3 is 9.47 Å². The molecule has 0 saturated carbocycles. The summed E-state index contributed by atoms with van der Waals surface area (Å²) in [5.74, 6) is 1.18. The van der Waals surface area contributed by atoms with E-state index in [1.807, 2.05) is 0 Å². The van der Waals surface area contributed by atoms with Crippen LogP contribution < -0.4 is 0 Å². The molecule has 0 aliphatic carbocycles. The summed E-state index contributed by atoms with van der Waals surface area (Å²) < 4.78 is 10.9. The van der Waals surface area contributed by atoms with Crippen LogP contribution in [-0.4, -0.2) is 38.1 Å². The zero-order chi connectivity index (χ0) is 10.7. The van der Waals surface area contributed by atoms with E-state index in [-0.39, 0.29) is 0 Å². The highest BCUT2D eigenvalue weighted by atomic mass is 16.5. The summed E-state index contributed by atoms with van der Waals surface area (Å²) in [5, 5.41) is 0. The lowest BCUT2D eigenvalue weighted by atomic mass is 9.87. The smallest absolute Gasteiger partial charge is 0.207 e.